The van der Waals surface area contributed by atoms with Crippen LogP contribution in [0.1, 0.15) is 54.8 Å². The quantitative estimate of drug-likeness (QED) is 0.722. The second kappa shape index (κ2) is 8.91. The third-order valence-corrected chi connectivity index (χ3v) is 6.51. The lowest BCUT2D eigenvalue weighted by Gasteiger charge is -2.38. The number of thiophene rings is 1. The maximum Gasteiger partial charge on any atom is 0.242 e. The molecule has 0 saturated heterocycles. The molecule has 1 aliphatic rings. The van der Waals surface area contributed by atoms with Crippen LogP contribution in [-0.2, 0) is 16.0 Å². The van der Waals surface area contributed by atoms with Crippen molar-refractivity contribution < 1.29 is 9.59 Å². The summed E-state index contributed by atoms with van der Waals surface area (Å²) in [5, 5.41) is 2.12. The van der Waals surface area contributed by atoms with E-state index in [0.29, 0.717) is 19.0 Å². The van der Waals surface area contributed by atoms with Gasteiger partial charge < -0.3 is 9.80 Å². The van der Waals surface area contributed by atoms with Gasteiger partial charge in [-0.2, -0.15) is 0 Å². The summed E-state index contributed by atoms with van der Waals surface area (Å²) < 4.78 is 0. The molecule has 0 radical (unpaired) electrons. The van der Waals surface area contributed by atoms with Crippen molar-refractivity contribution in [1.82, 2.24) is 9.80 Å². The average molecular weight is 399 g/mol. The molecule has 2 heterocycles. The monoisotopic (exact) mass is 398 g/mol. The van der Waals surface area contributed by atoms with E-state index in [1.54, 1.807) is 23.2 Å². The molecule has 1 atom stereocenters. The highest BCUT2D eigenvalue weighted by atomic mass is 32.1. The number of hydrogen-bond acceptors (Lipinski definition) is 3. The second-order valence-electron chi connectivity index (χ2n) is 8.02. The summed E-state index contributed by atoms with van der Waals surface area (Å²) in [6, 6.07) is 10.4. The van der Waals surface area contributed by atoms with Gasteiger partial charge >= 0.3 is 0 Å². The third-order valence-electron chi connectivity index (χ3n) is 5.52. The maximum atomic E-state index is 13.3. The van der Waals surface area contributed by atoms with Gasteiger partial charge in [-0.1, -0.05) is 38.1 Å². The summed E-state index contributed by atoms with van der Waals surface area (Å²) in [7, 11) is 0. The Morgan fingerprint density at radius 1 is 1.21 bits per heavy atom. The molecule has 0 spiro atoms. The fraction of sp³-hybridized carbons (Fsp3) is 0.478. The van der Waals surface area contributed by atoms with Gasteiger partial charge in [0.1, 0.15) is 0 Å². The first-order chi connectivity index (χ1) is 13.4. The van der Waals surface area contributed by atoms with Crippen molar-refractivity contribution in [2.75, 3.05) is 19.6 Å². The fourth-order valence-electron chi connectivity index (χ4n) is 3.83. The Morgan fingerprint density at radius 3 is 2.64 bits per heavy atom. The molecule has 1 aromatic heterocycles. The molecule has 4 nitrogen and oxygen atoms in total. The summed E-state index contributed by atoms with van der Waals surface area (Å²) >= 11 is 1.77. The largest absolute Gasteiger partial charge is 0.334 e. The zero-order valence-electron chi connectivity index (χ0n) is 17.3. The molecule has 28 heavy (non-hydrogen) atoms. The van der Waals surface area contributed by atoms with E-state index in [9.17, 15) is 9.59 Å². The van der Waals surface area contributed by atoms with E-state index in [2.05, 4.69) is 44.4 Å². The Labute approximate surface area is 172 Å². The van der Waals surface area contributed by atoms with E-state index in [0.717, 1.165) is 12.8 Å². The zero-order valence-corrected chi connectivity index (χ0v) is 18.1. The second-order valence-corrected chi connectivity index (χ2v) is 9.02. The number of amides is 2. The Hall–Kier alpha value is -2.14. The minimum Gasteiger partial charge on any atom is -0.334 e. The van der Waals surface area contributed by atoms with Gasteiger partial charge in [-0.25, -0.2) is 0 Å². The van der Waals surface area contributed by atoms with Crippen LogP contribution in [0.4, 0.5) is 0 Å². The van der Waals surface area contributed by atoms with Crippen LogP contribution in [0.5, 0.6) is 0 Å². The van der Waals surface area contributed by atoms with Gasteiger partial charge in [0, 0.05) is 24.9 Å². The molecule has 0 fully saturated rings. The number of carbonyl (C=O) groups excluding carboxylic acids is 2. The molecule has 5 heteroatoms. The Balaban J connectivity index is 1.87. The van der Waals surface area contributed by atoms with Crippen LogP contribution < -0.4 is 0 Å². The molecule has 2 amide bonds. The summed E-state index contributed by atoms with van der Waals surface area (Å²) in [5.41, 5.74) is 3.59. The topological polar surface area (TPSA) is 40.6 Å². The molecular formula is C23H30N2O2S. The molecule has 0 saturated carbocycles. The minimum absolute atomic E-state index is 0.0315. The Bertz CT molecular complexity index is 843. The first-order valence-corrected chi connectivity index (χ1v) is 10.9. The standard InChI is InChI=1S/C23H30N2O2S/c1-16(2)9-12-24(18(4)26)15-22(27)25-13-10-21-20(11-14-28-21)23(25)19-8-6-5-7-17(19)3/h5-8,11,14,16,23H,9-10,12-13,15H2,1-4H3. The molecule has 0 aliphatic carbocycles. The number of nitrogens with zero attached hydrogens (tertiary/aromatic N) is 2. The van der Waals surface area contributed by atoms with E-state index >= 15 is 0 Å². The van der Waals surface area contributed by atoms with Crippen molar-refractivity contribution in [3.8, 4) is 0 Å². The molecule has 150 valence electrons. The van der Waals surface area contributed by atoms with Crippen LogP contribution in [0, 0.1) is 12.8 Å². The Morgan fingerprint density at radius 2 is 1.96 bits per heavy atom. The molecule has 0 bridgehead atoms. The number of hydrogen-bond donors (Lipinski definition) is 0. The summed E-state index contributed by atoms with van der Waals surface area (Å²) in [6.07, 6.45) is 1.79. The average Bonchev–Trinajstić information content (AvgIpc) is 3.13. The summed E-state index contributed by atoms with van der Waals surface area (Å²) in [4.78, 5) is 30.4. The maximum absolute atomic E-state index is 13.3. The van der Waals surface area contributed by atoms with E-state index < -0.39 is 0 Å². The molecule has 1 unspecified atom stereocenters. The number of fused-ring (bicyclic) bond motifs is 1. The number of aryl methyl sites for hydroxylation is 1. The lowest BCUT2D eigenvalue weighted by molar-refractivity contribution is -0.140. The van der Waals surface area contributed by atoms with Gasteiger partial charge in [0.05, 0.1) is 12.6 Å². The molecular weight excluding hydrogens is 368 g/mol. The lowest BCUT2D eigenvalue weighted by atomic mass is 9.90. The van der Waals surface area contributed by atoms with Crippen LogP contribution in [0.3, 0.4) is 0 Å². The van der Waals surface area contributed by atoms with Gasteiger partial charge in [0.25, 0.3) is 0 Å². The summed E-state index contributed by atoms with van der Waals surface area (Å²) in [5.74, 6) is 0.499. The molecule has 1 aromatic carbocycles. The van der Waals surface area contributed by atoms with Crippen LogP contribution >= 0.6 is 11.3 Å². The number of benzene rings is 1. The highest BCUT2D eigenvalue weighted by Gasteiger charge is 2.34. The van der Waals surface area contributed by atoms with E-state index in [1.165, 1.54) is 21.6 Å². The van der Waals surface area contributed by atoms with Gasteiger partial charge in [0.15, 0.2) is 0 Å². The SMILES string of the molecule is CC(=O)N(CCC(C)C)CC(=O)N1CCc2sccc2C1c1ccccc1C. The van der Waals surface area contributed by atoms with Crippen LogP contribution in [0.25, 0.3) is 0 Å². The van der Waals surface area contributed by atoms with Gasteiger partial charge in [-0.3, -0.25) is 9.59 Å². The van der Waals surface area contributed by atoms with Gasteiger partial charge in [0.2, 0.25) is 11.8 Å². The fourth-order valence-corrected chi connectivity index (χ4v) is 4.73. The van der Waals surface area contributed by atoms with Crippen molar-refractivity contribution >= 4 is 23.2 Å². The van der Waals surface area contributed by atoms with Crippen LogP contribution in [-0.4, -0.2) is 41.2 Å². The molecule has 2 aromatic rings. The third kappa shape index (κ3) is 4.46. The normalized spacial score (nSPS) is 16.2. The van der Waals surface area contributed by atoms with Crippen molar-refractivity contribution in [1.29, 1.82) is 0 Å². The predicted molar refractivity (Wildman–Crippen MR) is 114 cm³/mol. The van der Waals surface area contributed by atoms with Crippen molar-refractivity contribution in [3.05, 3.63) is 57.3 Å². The smallest absolute Gasteiger partial charge is 0.242 e. The van der Waals surface area contributed by atoms with E-state index in [-0.39, 0.29) is 24.4 Å². The highest BCUT2D eigenvalue weighted by molar-refractivity contribution is 7.10. The first kappa shape index (κ1) is 20.6. The van der Waals surface area contributed by atoms with E-state index in [1.807, 2.05) is 17.0 Å². The zero-order chi connectivity index (χ0) is 20.3. The lowest BCUT2D eigenvalue weighted by Crippen LogP contribution is -2.46. The first-order valence-electron chi connectivity index (χ1n) is 10.0. The minimum atomic E-state index is -0.0670. The van der Waals surface area contributed by atoms with E-state index in [4.69, 9.17) is 0 Å². The van der Waals surface area contributed by atoms with Crippen molar-refractivity contribution in [2.24, 2.45) is 5.92 Å². The number of rotatable bonds is 6. The summed E-state index contributed by atoms with van der Waals surface area (Å²) in [6.45, 7) is 9.41. The van der Waals surface area contributed by atoms with Crippen LogP contribution in [0.2, 0.25) is 0 Å². The molecule has 0 N–H and O–H groups in total. The molecule has 3 rings (SSSR count). The molecule has 1 aliphatic heterocycles. The van der Waals surface area contributed by atoms with Crippen LogP contribution in [0.15, 0.2) is 35.7 Å². The highest BCUT2D eigenvalue weighted by Crippen LogP contribution is 2.38. The van der Waals surface area contributed by atoms with Crippen molar-refractivity contribution in [3.63, 3.8) is 0 Å². The predicted octanol–water partition coefficient (Wildman–Crippen LogP) is 4.43. The Kier molecular flexibility index (Phi) is 6.55. The number of carbonyl (C=O) groups is 2. The van der Waals surface area contributed by atoms with Gasteiger partial charge in [-0.15, -0.1) is 11.3 Å². The van der Waals surface area contributed by atoms with Gasteiger partial charge in [-0.05, 0) is 53.8 Å². The van der Waals surface area contributed by atoms with Crippen molar-refractivity contribution in [2.45, 2.75) is 46.6 Å².